The molecule has 166 valence electrons. The molecule has 1 amide bonds. The van der Waals surface area contributed by atoms with Gasteiger partial charge in [-0.1, -0.05) is 20.4 Å². The summed E-state index contributed by atoms with van der Waals surface area (Å²) in [6, 6.07) is 7.28. The van der Waals surface area contributed by atoms with E-state index in [1.54, 1.807) is 29.9 Å². The van der Waals surface area contributed by atoms with Gasteiger partial charge >= 0.3 is 6.09 Å². The van der Waals surface area contributed by atoms with Crippen molar-refractivity contribution in [3.8, 4) is 17.1 Å². The number of rotatable bonds is 6. The van der Waals surface area contributed by atoms with E-state index in [1.165, 1.54) is 0 Å². The molecule has 32 heavy (non-hydrogen) atoms. The van der Waals surface area contributed by atoms with Gasteiger partial charge in [-0.3, -0.25) is 4.79 Å². The van der Waals surface area contributed by atoms with Gasteiger partial charge in [0.15, 0.2) is 0 Å². The molecule has 4 rings (SSSR count). The highest BCUT2D eigenvalue weighted by atomic mass is 16.5. The first-order valence-electron chi connectivity index (χ1n) is 10.7. The maximum atomic E-state index is 13.5. The van der Waals surface area contributed by atoms with Gasteiger partial charge in [0.25, 0.3) is 5.56 Å². The van der Waals surface area contributed by atoms with Crippen LogP contribution < -0.4 is 16.0 Å². The van der Waals surface area contributed by atoms with Crippen LogP contribution in [0.3, 0.4) is 0 Å². The summed E-state index contributed by atoms with van der Waals surface area (Å²) >= 11 is 0. The van der Waals surface area contributed by atoms with E-state index in [1.807, 2.05) is 19.9 Å². The summed E-state index contributed by atoms with van der Waals surface area (Å²) < 4.78 is 12.5. The Labute approximate surface area is 186 Å². The average molecular weight is 434 g/mol. The number of methoxy groups -OCH3 is 1. The molecule has 0 spiro atoms. The average Bonchev–Trinajstić information content (AvgIpc) is 3.10. The maximum absolute atomic E-state index is 13.5. The summed E-state index contributed by atoms with van der Waals surface area (Å²) in [5.41, 5.74) is 12.0. The third kappa shape index (κ3) is 3.39. The quantitative estimate of drug-likeness (QED) is 0.458. The van der Waals surface area contributed by atoms with E-state index in [4.69, 9.17) is 20.2 Å². The fraction of sp³-hybridized carbons (Fsp3) is 0.320. The highest BCUT2D eigenvalue weighted by Crippen LogP contribution is 2.39. The van der Waals surface area contributed by atoms with Crippen molar-refractivity contribution < 1.29 is 14.3 Å². The van der Waals surface area contributed by atoms with Gasteiger partial charge in [0, 0.05) is 23.6 Å². The summed E-state index contributed by atoms with van der Waals surface area (Å²) in [6.45, 7) is 10.4. The molecule has 3 aromatic rings. The first-order chi connectivity index (χ1) is 15.3. The van der Waals surface area contributed by atoms with E-state index < -0.39 is 6.09 Å². The van der Waals surface area contributed by atoms with Crippen LogP contribution in [0.1, 0.15) is 49.1 Å². The number of pyridine rings is 2. The lowest BCUT2D eigenvalue weighted by molar-refractivity contribution is 0.132. The number of hydrogen-bond donors (Lipinski definition) is 1. The number of benzene rings is 1. The lowest BCUT2D eigenvalue weighted by Gasteiger charge is -2.20. The Morgan fingerprint density at radius 1 is 1.25 bits per heavy atom. The van der Waals surface area contributed by atoms with Crippen LogP contribution in [-0.2, 0) is 24.1 Å². The van der Waals surface area contributed by atoms with Crippen molar-refractivity contribution >= 4 is 17.0 Å². The standard InChI is InChI=1S/C25H27N3O4/c1-6-15-17-10-14(32-25(26)30)8-9-20(17)27-22-19(15)12-28-21(22)11-18(16(7-2)24(28)29)23(31-5)13(3)4/h8-11,23H,3,6-7,12H2,1-2,4-5H3,(H2,26,30). The van der Waals surface area contributed by atoms with Crippen molar-refractivity contribution in [2.24, 2.45) is 5.73 Å². The van der Waals surface area contributed by atoms with Crippen LogP contribution in [0.5, 0.6) is 5.75 Å². The SMILES string of the molecule is C=C(C)C(OC)c1cc2n(c(=O)c1CC)Cc1c-2nc2ccc(OC(N)=O)cc2c1CC. The van der Waals surface area contributed by atoms with Crippen LogP contribution >= 0.6 is 0 Å². The minimum atomic E-state index is -0.861. The normalized spacial score (nSPS) is 13.0. The molecule has 1 atom stereocenters. The third-order valence-corrected chi connectivity index (χ3v) is 6.06. The summed E-state index contributed by atoms with van der Waals surface area (Å²) in [5, 5.41) is 0.887. The molecule has 0 bridgehead atoms. The van der Waals surface area contributed by atoms with Gasteiger partial charge in [-0.2, -0.15) is 0 Å². The number of aryl methyl sites for hydroxylation is 1. The molecule has 2 aromatic heterocycles. The molecule has 1 unspecified atom stereocenters. The fourth-order valence-electron chi connectivity index (χ4n) is 4.72. The second kappa shape index (κ2) is 8.24. The molecular formula is C25H27N3O4. The Hall–Kier alpha value is -3.45. The van der Waals surface area contributed by atoms with Crippen LogP contribution in [-0.4, -0.2) is 22.8 Å². The molecule has 1 aromatic carbocycles. The fourth-order valence-corrected chi connectivity index (χ4v) is 4.72. The van der Waals surface area contributed by atoms with Crippen molar-refractivity contribution in [3.05, 3.63) is 69.0 Å². The summed E-state index contributed by atoms with van der Waals surface area (Å²) in [6.07, 6.45) is 0.124. The number of nitrogens with zero attached hydrogens (tertiary/aromatic N) is 2. The maximum Gasteiger partial charge on any atom is 0.409 e. The summed E-state index contributed by atoms with van der Waals surface area (Å²) in [5.74, 6) is 0.370. The van der Waals surface area contributed by atoms with Crippen LogP contribution in [0.2, 0.25) is 0 Å². The second-order valence-corrected chi connectivity index (χ2v) is 8.04. The summed E-state index contributed by atoms with van der Waals surface area (Å²) in [4.78, 5) is 29.6. The number of hydrogen-bond acceptors (Lipinski definition) is 5. The molecular weight excluding hydrogens is 406 g/mol. The lowest BCUT2D eigenvalue weighted by Crippen LogP contribution is -2.26. The number of aromatic nitrogens is 2. The first-order valence-corrected chi connectivity index (χ1v) is 10.7. The van der Waals surface area contributed by atoms with Crippen molar-refractivity contribution in [3.63, 3.8) is 0 Å². The Balaban J connectivity index is 1.98. The molecule has 7 nitrogen and oxygen atoms in total. The Morgan fingerprint density at radius 3 is 2.56 bits per heavy atom. The Kier molecular flexibility index (Phi) is 5.60. The second-order valence-electron chi connectivity index (χ2n) is 8.04. The molecule has 0 saturated heterocycles. The van der Waals surface area contributed by atoms with Gasteiger partial charge in [0.05, 0.1) is 23.4 Å². The van der Waals surface area contributed by atoms with E-state index in [9.17, 15) is 9.59 Å². The van der Waals surface area contributed by atoms with E-state index in [2.05, 4.69) is 13.5 Å². The highest BCUT2D eigenvalue weighted by molar-refractivity contribution is 5.89. The first kappa shape index (κ1) is 21.8. The zero-order chi connectivity index (χ0) is 23.2. The Morgan fingerprint density at radius 2 is 1.97 bits per heavy atom. The monoisotopic (exact) mass is 433 g/mol. The van der Waals surface area contributed by atoms with Gasteiger partial charge in [0.2, 0.25) is 0 Å². The third-order valence-electron chi connectivity index (χ3n) is 6.06. The summed E-state index contributed by atoms with van der Waals surface area (Å²) in [7, 11) is 1.63. The topological polar surface area (TPSA) is 96.4 Å². The molecule has 0 fully saturated rings. The highest BCUT2D eigenvalue weighted by Gasteiger charge is 2.29. The zero-order valence-corrected chi connectivity index (χ0v) is 18.8. The van der Waals surface area contributed by atoms with Crippen LogP contribution in [0.4, 0.5) is 4.79 Å². The minimum absolute atomic E-state index is 0.0230. The predicted molar refractivity (Wildman–Crippen MR) is 124 cm³/mol. The zero-order valence-electron chi connectivity index (χ0n) is 18.8. The van der Waals surface area contributed by atoms with Gasteiger partial charge in [-0.05, 0) is 60.7 Å². The van der Waals surface area contributed by atoms with Crippen LogP contribution in [0, 0.1) is 0 Å². The Bertz CT molecular complexity index is 1320. The number of fused-ring (bicyclic) bond motifs is 4. The van der Waals surface area contributed by atoms with Crippen molar-refractivity contribution in [1.82, 2.24) is 9.55 Å². The van der Waals surface area contributed by atoms with E-state index >= 15 is 0 Å². The molecule has 1 aliphatic heterocycles. The van der Waals surface area contributed by atoms with Crippen molar-refractivity contribution in [2.45, 2.75) is 46.3 Å². The largest absolute Gasteiger partial charge is 0.410 e. The van der Waals surface area contributed by atoms with E-state index in [-0.39, 0.29) is 11.7 Å². The van der Waals surface area contributed by atoms with E-state index in [0.29, 0.717) is 18.7 Å². The smallest absolute Gasteiger partial charge is 0.409 e. The van der Waals surface area contributed by atoms with Gasteiger partial charge in [-0.25, -0.2) is 9.78 Å². The van der Waals surface area contributed by atoms with Crippen LogP contribution in [0.15, 0.2) is 41.2 Å². The minimum Gasteiger partial charge on any atom is -0.410 e. The molecule has 0 saturated carbocycles. The van der Waals surface area contributed by atoms with Crippen molar-refractivity contribution in [1.29, 1.82) is 0 Å². The molecule has 1 aliphatic rings. The number of carbonyl (C=O) groups is 1. The van der Waals surface area contributed by atoms with Gasteiger partial charge in [-0.15, -0.1) is 0 Å². The van der Waals surface area contributed by atoms with Gasteiger partial charge in [0.1, 0.15) is 11.9 Å². The van der Waals surface area contributed by atoms with Crippen molar-refractivity contribution in [2.75, 3.05) is 7.11 Å². The molecule has 0 radical (unpaired) electrons. The van der Waals surface area contributed by atoms with Crippen LogP contribution in [0.25, 0.3) is 22.3 Å². The molecule has 0 aliphatic carbocycles. The lowest BCUT2D eigenvalue weighted by atomic mass is 9.95. The molecule has 3 heterocycles. The number of carbonyl (C=O) groups excluding carboxylic acids is 1. The number of amides is 1. The molecule has 2 N–H and O–H groups in total. The molecule has 7 heteroatoms. The number of primary amides is 1. The predicted octanol–water partition coefficient (Wildman–Crippen LogP) is 4.27. The van der Waals surface area contributed by atoms with E-state index in [0.717, 1.165) is 56.5 Å². The number of ether oxygens (including phenoxy) is 2. The van der Waals surface area contributed by atoms with Gasteiger partial charge < -0.3 is 19.8 Å². The number of nitrogens with two attached hydrogens (primary N) is 1.